The molecule has 2 saturated heterocycles. The van der Waals surface area contributed by atoms with Crippen LogP contribution < -0.4 is 9.80 Å². The standard InChI is InChI=1S/C31H38N6O/c1-3-4-11-34-16-17-37(22(34)2)27-9-10-28(25(18-27)20-32)31(38)36-14-12-35(13-15-36)30-29(24-7-8-24)19-26(21-33-30)23-5-6-23/h3-4,9-10,18-19,21-24H,5-8,11-17H2,1-2H3/b4-3+. The Kier molecular flexibility index (Phi) is 6.84. The van der Waals surface area contributed by atoms with Crippen molar-refractivity contribution in [3.05, 3.63) is 64.9 Å². The summed E-state index contributed by atoms with van der Waals surface area (Å²) in [6, 6.07) is 10.5. The highest BCUT2D eigenvalue weighted by atomic mass is 16.2. The molecule has 0 spiro atoms. The van der Waals surface area contributed by atoms with Crippen LogP contribution in [0.4, 0.5) is 11.5 Å². The van der Waals surface area contributed by atoms with Crippen LogP contribution in [0.3, 0.4) is 0 Å². The second-order valence-corrected chi connectivity index (χ2v) is 11.2. The van der Waals surface area contributed by atoms with Crippen molar-refractivity contribution in [1.29, 1.82) is 5.26 Å². The fraction of sp³-hybridized carbons (Fsp3) is 0.516. The summed E-state index contributed by atoms with van der Waals surface area (Å²) < 4.78 is 0. The molecule has 2 aromatic rings. The molecule has 1 aromatic heterocycles. The van der Waals surface area contributed by atoms with Crippen molar-refractivity contribution in [3.8, 4) is 6.07 Å². The summed E-state index contributed by atoms with van der Waals surface area (Å²) in [5.74, 6) is 2.45. The van der Waals surface area contributed by atoms with Crippen molar-refractivity contribution in [2.24, 2.45) is 0 Å². The summed E-state index contributed by atoms with van der Waals surface area (Å²) in [7, 11) is 0. The van der Waals surface area contributed by atoms with Gasteiger partial charge in [-0.15, -0.1) is 0 Å². The Morgan fingerprint density at radius 2 is 1.82 bits per heavy atom. The number of anilines is 2. The van der Waals surface area contributed by atoms with Crippen LogP contribution in [0.5, 0.6) is 0 Å². The van der Waals surface area contributed by atoms with Crippen molar-refractivity contribution in [3.63, 3.8) is 0 Å². The minimum Gasteiger partial charge on any atom is -0.355 e. The molecular weight excluding hydrogens is 472 g/mol. The predicted octanol–water partition coefficient (Wildman–Crippen LogP) is 4.71. The van der Waals surface area contributed by atoms with Crippen LogP contribution in [-0.2, 0) is 0 Å². The Labute approximate surface area is 226 Å². The molecule has 0 bridgehead atoms. The van der Waals surface area contributed by atoms with E-state index in [1.165, 1.54) is 36.8 Å². The number of hydrogen-bond acceptors (Lipinski definition) is 6. The van der Waals surface area contributed by atoms with Gasteiger partial charge in [0.15, 0.2) is 0 Å². The molecule has 6 rings (SSSR count). The molecule has 2 aliphatic carbocycles. The minimum atomic E-state index is -0.0450. The van der Waals surface area contributed by atoms with E-state index in [9.17, 15) is 10.1 Å². The fourth-order valence-electron chi connectivity index (χ4n) is 6.01. The van der Waals surface area contributed by atoms with Gasteiger partial charge in [-0.3, -0.25) is 9.69 Å². The van der Waals surface area contributed by atoms with Crippen LogP contribution in [-0.4, -0.2) is 72.7 Å². The molecule has 7 heteroatoms. The highest BCUT2D eigenvalue weighted by Gasteiger charge is 2.34. The van der Waals surface area contributed by atoms with Gasteiger partial charge in [0.05, 0.1) is 17.3 Å². The highest BCUT2D eigenvalue weighted by Crippen LogP contribution is 2.47. The van der Waals surface area contributed by atoms with Crippen LogP contribution in [0.15, 0.2) is 42.6 Å². The Morgan fingerprint density at radius 1 is 1.05 bits per heavy atom. The molecule has 198 valence electrons. The Hall–Kier alpha value is -3.37. The summed E-state index contributed by atoms with van der Waals surface area (Å²) in [6.45, 7) is 9.89. The predicted molar refractivity (Wildman–Crippen MR) is 151 cm³/mol. The lowest BCUT2D eigenvalue weighted by Gasteiger charge is -2.36. The number of hydrogen-bond donors (Lipinski definition) is 0. The van der Waals surface area contributed by atoms with E-state index in [0.717, 1.165) is 50.1 Å². The minimum absolute atomic E-state index is 0.0450. The number of rotatable bonds is 7. The van der Waals surface area contributed by atoms with Gasteiger partial charge in [-0.25, -0.2) is 4.98 Å². The van der Waals surface area contributed by atoms with Gasteiger partial charge in [0.25, 0.3) is 5.91 Å². The van der Waals surface area contributed by atoms with Crippen LogP contribution >= 0.6 is 0 Å². The van der Waals surface area contributed by atoms with Crippen molar-refractivity contribution in [1.82, 2.24) is 14.8 Å². The summed E-state index contributed by atoms with van der Waals surface area (Å²) in [4.78, 5) is 27.4. The first-order chi connectivity index (χ1) is 18.6. The molecule has 1 unspecified atom stereocenters. The maximum Gasteiger partial charge on any atom is 0.255 e. The Balaban J connectivity index is 1.13. The summed E-state index contributed by atoms with van der Waals surface area (Å²) in [5, 5.41) is 9.94. The monoisotopic (exact) mass is 510 g/mol. The molecule has 1 atom stereocenters. The second-order valence-electron chi connectivity index (χ2n) is 11.2. The summed E-state index contributed by atoms with van der Waals surface area (Å²) >= 11 is 0. The van der Waals surface area contributed by atoms with Crippen molar-refractivity contribution in [2.75, 3.05) is 55.6 Å². The maximum atomic E-state index is 13.5. The van der Waals surface area contributed by atoms with Crippen molar-refractivity contribution < 1.29 is 4.79 Å². The highest BCUT2D eigenvalue weighted by molar-refractivity contribution is 5.97. The zero-order chi connectivity index (χ0) is 26.2. The first-order valence-corrected chi connectivity index (χ1v) is 14.3. The Bertz CT molecular complexity index is 1270. The molecule has 7 nitrogen and oxygen atoms in total. The molecule has 1 amide bonds. The van der Waals surface area contributed by atoms with E-state index in [4.69, 9.17) is 4.98 Å². The first-order valence-electron chi connectivity index (χ1n) is 14.3. The zero-order valence-electron chi connectivity index (χ0n) is 22.6. The number of carbonyl (C=O) groups excluding carboxylic acids is 1. The SMILES string of the molecule is C/C=C/CN1CCN(c2ccc(C(=O)N3CCN(c4ncc(C5CC5)cc4C4CC4)CC3)c(C#N)c2)C1C. The zero-order valence-corrected chi connectivity index (χ0v) is 22.6. The van der Waals surface area contributed by atoms with Gasteiger partial charge >= 0.3 is 0 Å². The van der Waals surface area contributed by atoms with Crippen molar-refractivity contribution >= 4 is 17.4 Å². The molecule has 1 aromatic carbocycles. The third-order valence-corrected chi connectivity index (χ3v) is 8.72. The van der Waals surface area contributed by atoms with E-state index in [0.29, 0.717) is 30.1 Å². The van der Waals surface area contributed by atoms with Crippen molar-refractivity contribution in [2.45, 2.75) is 57.5 Å². The molecule has 4 aliphatic rings. The lowest BCUT2D eigenvalue weighted by atomic mass is 10.0. The molecule has 2 aliphatic heterocycles. The number of pyridine rings is 1. The first kappa shape index (κ1) is 24.9. The van der Waals surface area contributed by atoms with Gasteiger partial charge in [-0.05, 0) is 80.7 Å². The molecule has 4 fully saturated rings. The van der Waals surface area contributed by atoms with Crippen LogP contribution in [0.2, 0.25) is 0 Å². The topological polar surface area (TPSA) is 66.7 Å². The number of carbonyl (C=O) groups is 1. The van der Waals surface area contributed by atoms with Crippen LogP contribution in [0.25, 0.3) is 0 Å². The molecule has 38 heavy (non-hydrogen) atoms. The van der Waals surface area contributed by atoms with E-state index < -0.39 is 0 Å². The molecule has 0 radical (unpaired) electrons. The van der Waals surface area contributed by atoms with Gasteiger partial charge in [0.2, 0.25) is 0 Å². The average Bonchev–Trinajstić information content (AvgIpc) is 3.89. The number of amides is 1. The van der Waals surface area contributed by atoms with Crippen LogP contribution in [0, 0.1) is 11.3 Å². The van der Waals surface area contributed by atoms with E-state index in [2.05, 4.69) is 52.1 Å². The normalized spacial score (nSPS) is 22.3. The lowest BCUT2D eigenvalue weighted by Crippen LogP contribution is -2.49. The molecule has 0 N–H and O–H groups in total. The summed E-state index contributed by atoms with van der Waals surface area (Å²) in [5.41, 5.74) is 4.80. The number of allylic oxidation sites excluding steroid dienone is 1. The lowest BCUT2D eigenvalue weighted by molar-refractivity contribution is 0.0746. The quantitative estimate of drug-likeness (QED) is 0.503. The molecule has 3 heterocycles. The fourth-order valence-corrected chi connectivity index (χ4v) is 6.01. The third-order valence-electron chi connectivity index (χ3n) is 8.72. The van der Waals surface area contributed by atoms with E-state index in [1.54, 1.807) is 0 Å². The summed E-state index contributed by atoms with van der Waals surface area (Å²) in [6.07, 6.45) is 11.7. The smallest absolute Gasteiger partial charge is 0.255 e. The average molecular weight is 511 g/mol. The van der Waals surface area contributed by atoms with Gasteiger partial charge in [-0.2, -0.15) is 5.26 Å². The van der Waals surface area contributed by atoms with Crippen LogP contribution in [0.1, 0.15) is 78.4 Å². The molecular formula is C31H38N6O. The van der Waals surface area contributed by atoms with Gasteiger partial charge in [0, 0.05) is 57.7 Å². The number of aromatic nitrogens is 1. The number of nitriles is 1. The number of benzene rings is 1. The number of piperazine rings is 1. The molecule has 2 saturated carbocycles. The van der Waals surface area contributed by atoms with E-state index in [-0.39, 0.29) is 12.1 Å². The largest absolute Gasteiger partial charge is 0.355 e. The van der Waals surface area contributed by atoms with E-state index in [1.807, 2.05) is 30.0 Å². The number of nitrogens with zero attached hydrogens (tertiary/aromatic N) is 6. The van der Waals surface area contributed by atoms with Gasteiger partial charge in [-0.1, -0.05) is 18.2 Å². The van der Waals surface area contributed by atoms with Gasteiger partial charge in [0.1, 0.15) is 11.9 Å². The maximum absolute atomic E-state index is 13.5. The van der Waals surface area contributed by atoms with E-state index >= 15 is 0 Å². The second kappa shape index (κ2) is 10.4. The Morgan fingerprint density at radius 3 is 2.50 bits per heavy atom. The third kappa shape index (κ3) is 4.90. The van der Waals surface area contributed by atoms with Gasteiger partial charge < -0.3 is 14.7 Å².